The van der Waals surface area contributed by atoms with Crippen LogP contribution >= 0.6 is 22.6 Å². The number of aliphatic hydroxyl groups excluding tert-OH is 1. The standard InChI is InChI=1S/C13H12IN3O4S/c14-10-3-5-12(6-4-10)22(20,21)13-9-17(16-15-13)8-11(19)2-1-7-18/h1-7,9,11,19H,8H2/b2-1+. The van der Waals surface area contributed by atoms with Gasteiger partial charge >= 0.3 is 0 Å². The first-order chi connectivity index (χ1) is 10.4. The summed E-state index contributed by atoms with van der Waals surface area (Å²) in [5, 5.41) is 16.7. The number of benzene rings is 1. The molecule has 22 heavy (non-hydrogen) atoms. The average molecular weight is 433 g/mol. The molecule has 0 saturated carbocycles. The van der Waals surface area contributed by atoms with Crippen LogP contribution in [0.3, 0.4) is 0 Å². The molecule has 0 aliphatic carbocycles. The van der Waals surface area contributed by atoms with Gasteiger partial charge in [-0.05, 0) is 52.9 Å². The van der Waals surface area contributed by atoms with Crippen molar-refractivity contribution >= 4 is 38.7 Å². The molecular formula is C13H12IN3O4S. The van der Waals surface area contributed by atoms with Crippen LogP contribution in [-0.2, 0) is 21.2 Å². The van der Waals surface area contributed by atoms with E-state index in [2.05, 4.69) is 32.9 Å². The fraction of sp³-hybridized carbons (Fsp3) is 0.154. The van der Waals surface area contributed by atoms with Gasteiger partial charge in [-0.3, -0.25) is 4.79 Å². The number of aldehydes is 1. The second kappa shape index (κ2) is 7.11. The van der Waals surface area contributed by atoms with Gasteiger partial charge in [0.1, 0.15) is 6.29 Å². The van der Waals surface area contributed by atoms with Gasteiger partial charge in [-0.25, -0.2) is 13.1 Å². The summed E-state index contributed by atoms with van der Waals surface area (Å²) in [6, 6.07) is 6.37. The van der Waals surface area contributed by atoms with E-state index in [0.29, 0.717) is 6.29 Å². The Morgan fingerprint density at radius 2 is 2.00 bits per heavy atom. The second-order valence-electron chi connectivity index (χ2n) is 4.32. The molecule has 0 aliphatic rings. The fourth-order valence-corrected chi connectivity index (χ4v) is 3.15. The highest BCUT2D eigenvalue weighted by molar-refractivity contribution is 14.1. The van der Waals surface area contributed by atoms with Crippen molar-refractivity contribution in [2.75, 3.05) is 0 Å². The first kappa shape index (κ1) is 16.8. The molecule has 0 saturated heterocycles. The second-order valence-corrected chi connectivity index (χ2v) is 7.47. The molecule has 0 spiro atoms. The van der Waals surface area contributed by atoms with Crippen LogP contribution in [0.25, 0.3) is 0 Å². The third-order valence-corrected chi connectivity index (χ3v) is 5.05. The molecule has 0 amide bonds. The molecule has 0 bridgehead atoms. The van der Waals surface area contributed by atoms with E-state index >= 15 is 0 Å². The fourth-order valence-electron chi connectivity index (χ4n) is 1.65. The van der Waals surface area contributed by atoms with Gasteiger partial charge in [-0.1, -0.05) is 11.3 Å². The Labute approximate surface area is 140 Å². The highest BCUT2D eigenvalue weighted by Gasteiger charge is 2.21. The maximum Gasteiger partial charge on any atom is 0.227 e. The van der Waals surface area contributed by atoms with Gasteiger partial charge in [-0.15, -0.1) is 5.10 Å². The van der Waals surface area contributed by atoms with Gasteiger partial charge in [-0.2, -0.15) is 0 Å². The molecule has 1 unspecified atom stereocenters. The monoisotopic (exact) mass is 433 g/mol. The third-order valence-electron chi connectivity index (χ3n) is 2.70. The molecule has 1 aromatic carbocycles. The summed E-state index contributed by atoms with van der Waals surface area (Å²) in [5.41, 5.74) is 0. The van der Waals surface area contributed by atoms with E-state index in [1.807, 2.05) is 0 Å². The summed E-state index contributed by atoms with van der Waals surface area (Å²) in [6.07, 6.45) is 3.26. The first-order valence-corrected chi connectivity index (χ1v) is 8.70. The summed E-state index contributed by atoms with van der Waals surface area (Å²) in [7, 11) is -3.74. The van der Waals surface area contributed by atoms with Crippen LogP contribution in [-0.4, -0.2) is 40.9 Å². The number of sulfone groups is 1. The van der Waals surface area contributed by atoms with E-state index in [0.717, 1.165) is 9.65 Å². The number of hydrogen-bond acceptors (Lipinski definition) is 6. The molecule has 2 rings (SSSR count). The van der Waals surface area contributed by atoms with Crippen molar-refractivity contribution in [1.29, 1.82) is 0 Å². The lowest BCUT2D eigenvalue weighted by Gasteiger charge is -2.03. The molecule has 1 aromatic heterocycles. The maximum absolute atomic E-state index is 12.4. The van der Waals surface area contributed by atoms with Crippen molar-refractivity contribution in [3.8, 4) is 0 Å². The molecule has 2 aromatic rings. The average Bonchev–Trinajstić information content (AvgIpc) is 2.95. The summed E-state index contributed by atoms with van der Waals surface area (Å²) in [5.74, 6) is 0. The molecule has 0 fully saturated rings. The lowest BCUT2D eigenvalue weighted by molar-refractivity contribution is -0.104. The Balaban J connectivity index is 2.21. The Hall–Kier alpha value is -1.59. The van der Waals surface area contributed by atoms with E-state index in [1.165, 1.54) is 29.1 Å². The number of nitrogens with zero attached hydrogens (tertiary/aromatic N) is 3. The van der Waals surface area contributed by atoms with Crippen LogP contribution in [0.2, 0.25) is 0 Å². The number of rotatable bonds is 6. The molecule has 9 heteroatoms. The van der Waals surface area contributed by atoms with Gasteiger partial charge < -0.3 is 5.11 Å². The van der Waals surface area contributed by atoms with Crippen LogP contribution in [0.1, 0.15) is 0 Å². The summed E-state index contributed by atoms with van der Waals surface area (Å²) < 4.78 is 26.9. The minimum absolute atomic E-state index is 0.000448. The zero-order chi connectivity index (χ0) is 16.2. The number of carbonyl (C=O) groups excluding carboxylic acids is 1. The Morgan fingerprint density at radius 3 is 2.64 bits per heavy atom. The number of aliphatic hydroxyl groups is 1. The zero-order valence-corrected chi connectivity index (χ0v) is 14.2. The largest absolute Gasteiger partial charge is 0.387 e. The number of hydrogen-bond donors (Lipinski definition) is 1. The van der Waals surface area contributed by atoms with E-state index in [1.54, 1.807) is 12.1 Å². The Bertz CT molecular complexity index is 784. The van der Waals surface area contributed by atoms with Crippen molar-refractivity contribution in [1.82, 2.24) is 15.0 Å². The normalized spacial score (nSPS) is 13.4. The minimum atomic E-state index is -3.74. The maximum atomic E-state index is 12.4. The number of aromatic nitrogens is 3. The number of halogens is 1. The lowest BCUT2D eigenvalue weighted by Crippen LogP contribution is -2.13. The Kier molecular flexibility index (Phi) is 5.42. The minimum Gasteiger partial charge on any atom is -0.387 e. The predicted molar refractivity (Wildman–Crippen MR) is 85.8 cm³/mol. The smallest absolute Gasteiger partial charge is 0.227 e. The highest BCUT2D eigenvalue weighted by atomic mass is 127. The molecule has 0 radical (unpaired) electrons. The molecular weight excluding hydrogens is 421 g/mol. The van der Waals surface area contributed by atoms with Crippen molar-refractivity contribution in [3.63, 3.8) is 0 Å². The van der Waals surface area contributed by atoms with Crippen LogP contribution in [0.15, 0.2) is 52.5 Å². The van der Waals surface area contributed by atoms with Crippen LogP contribution in [0, 0.1) is 3.57 Å². The molecule has 7 nitrogen and oxygen atoms in total. The van der Waals surface area contributed by atoms with E-state index in [4.69, 9.17) is 0 Å². The van der Waals surface area contributed by atoms with Crippen LogP contribution in [0.5, 0.6) is 0 Å². The van der Waals surface area contributed by atoms with E-state index < -0.39 is 15.9 Å². The molecule has 1 heterocycles. The molecule has 1 N–H and O–H groups in total. The van der Waals surface area contributed by atoms with Crippen molar-refractivity contribution in [2.24, 2.45) is 0 Å². The quantitative estimate of drug-likeness (QED) is 0.412. The van der Waals surface area contributed by atoms with Crippen molar-refractivity contribution in [2.45, 2.75) is 22.6 Å². The summed E-state index contributed by atoms with van der Waals surface area (Å²) in [6.45, 7) is -0.000448. The highest BCUT2D eigenvalue weighted by Crippen LogP contribution is 2.19. The Morgan fingerprint density at radius 1 is 1.32 bits per heavy atom. The SMILES string of the molecule is O=C/C=C/C(O)Cn1cc(S(=O)(=O)c2ccc(I)cc2)nn1. The summed E-state index contributed by atoms with van der Waals surface area (Å²) >= 11 is 2.08. The van der Waals surface area contributed by atoms with Crippen molar-refractivity contribution in [3.05, 3.63) is 46.2 Å². The van der Waals surface area contributed by atoms with Gasteiger partial charge in [0, 0.05) is 3.57 Å². The van der Waals surface area contributed by atoms with E-state index in [-0.39, 0.29) is 16.5 Å². The van der Waals surface area contributed by atoms with Crippen LogP contribution in [0.4, 0.5) is 0 Å². The molecule has 0 aliphatic heterocycles. The number of allylic oxidation sites excluding steroid dienone is 1. The predicted octanol–water partition coefficient (Wildman–Crippen LogP) is 0.831. The zero-order valence-electron chi connectivity index (χ0n) is 11.2. The van der Waals surface area contributed by atoms with Crippen LogP contribution < -0.4 is 0 Å². The lowest BCUT2D eigenvalue weighted by atomic mass is 10.3. The van der Waals surface area contributed by atoms with Gasteiger partial charge in [0.15, 0.2) is 0 Å². The van der Waals surface area contributed by atoms with E-state index in [9.17, 15) is 18.3 Å². The third kappa shape index (κ3) is 3.99. The van der Waals surface area contributed by atoms with Gasteiger partial charge in [0.05, 0.1) is 23.7 Å². The van der Waals surface area contributed by atoms with Crippen molar-refractivity contribution < 1.29 is 18.3 Å². The van der Waals surface area contributed by atoms with Gasteiger partial charge in [0.25, 0.3) is 0 Å². The molecule has 1 atom stereocenters. The molecule has 116 valence electrons. The number of carbonyl (C=O) groups is 1. The topological polar surface area (TPSA) is 102 Å². The summed E-state index contributed by atoms with van der Waals surface area (Å²) in [4.78, 5) is 10.3. The first-order valence-electron chi connectivity index (χ1n) is 6.14. The van der Waals surface area contributed by atoms with Gasteiger partial charge in [0.2, 0.25) is 14.9 Å².